The third-order valence-corrected chi connectivity index (χ3v) is 2.99. The molecule has 0 aliphatic carbocycles. The summed E-state index contributed by atoms with van der Waals surface area (Å²) in [5.41, 5.74) is 2.71. The second kappa shape index (κ2) is 5.61. The largest absolute Gasteiger partial charge is 0.478 e. The topological polar surface area (TPSA) is 68.5 Å². The van der Waals surface area contributed by atoms with Crippen molar-refractivity contribution < 1.29 is 14.7 Å². The van der Waals surface area contributed by atoms with Crippen LogP contribution in [0.1, 0.15) is 27.0 Å². The Morgan fingerprint density at radius 2 is 2.00 bits per heavy atom. The average Bonchev–Trinajstić information content (AvgIpc) is 2.41. The van der Waals surface area contributed by atoms with Crippen LogP contribution in [-0.4, -0.2) is 15.8 Å². The molecular weight excluding hydrogens is 258 g/mol. The van der Waals surface area contributed by atoms with Gasteiger partial charge in [0, 0.05) is 6.07 Å². The number of aromatic nitrogens is 1. The van der Waals surface area contributed by atoms with Crippen LogP contribution < -0.4 is 10.4 Å². The molecule has 0 amide bonds. The summed E-state index contributed by atoms with van der Waals surface area (Å²) in [6.45, 7) is 4.13. The quantitative estimate of drug-likeness (QED) is 0.922. The second-order valence-corrected chi connectivity index (χ2v) is 4.59. The van der Waals surface area contributed by atoms with E-state index in [-0.39, 0.29) is 12.2 Å². The summed E-state index contributed by atoms with van der Waals surface area (Å²) in [5, 5.41) is 8.89. The molecule has 5 heteroatoms. The van der Waals surface area contributed by atoms with Gasteiger partial charge in [0.2, 0.25) is 0 Å². The highest BCUT2D eigenvalue weighted by molar-refractivity contribution is 5.87. The third kappa shape index (κ3) is 3.06. The van der Waals surface area contributed by atoms with E-state index >= 15 is 0 Å². The smallest absolute Gasteiger partial charge is 0.337 e. The van der Waals surface area contributed by atoms with Crippen LogP contribution in [0.25, 0.3) is 0 Å². The molecule has 0 spiro atoms. The van der Waals surface area contributed by atoms with Crippen molar-refractivity contribution in [3.05, 3.63) is 69.1 Å². The number of benzene rings is 1. The van der Waals surface area contributed by atoms with Gasteiger partial charge in [0.1, 0.15) is 6.61 Å². The third-order valence-electron chi connectivity index (χ3n) is 2.99. The minimum absolute atomic E-state index is 0.00515. The zero-order chi connectivity index (χ0) is 14.7. The number of rotatable bonds is 4. The first-order chi connectivity index (χ1) is 9.47. The SMILES string of the molecule is Cc1ccc(C)c(COn2cc(C(=O)O)ccc2=O)c1. The van der Waals surface area contributed by atoms with E-state index in [0.29, 0.717) is 0 Å². The molecule has 5 nitrogen and oxygen atoms in total. The number of pyridine rings is 1. The Morgan fingerprint density at radius 3 is 2.70 bits per heavy atom. The number of carboxylic acid groups (broad SMARTS) is 1. The van der Waals surface area contributed by atoms with E-state index in [4.69, 9.17) is 9.94 Å². The summed E-state index contributed by atoms with van der Waals surface area (Å²) in [4.78, 5) is 27.9. The highest BCUT2D eigenvalue weighted by atomic mass is 16.7. The summed E-state index contributed by atoms with van der Waals surface area (Å²) < 4.78 is 0.950. The lowest BCUT2D eigenvalue weighted by Crippen LogP contribution is -2.26. The van der Waals surface area contributed by atoms with Gasteiger partial charge in [-0.25, -0.2) is 4.79 Å². The van der Waals surface area contributed by atoms with Crippen molar-refractivity contribution in [3.63, 3.8) is 0 Å². The Bertz CT molecular complexity index is 703. The lowest BCUT2D eigenvalue weighted by molar-refractivity contribution is 0.0674. The van der Waals surface area contributed by atoms with E-state index in [1.165, 1.54) is 18.3 Å². The van der Waals surface area contributed by atoms with Crippen LogP contribution in [0.4, 0.5) is 0 Å². The van der Waals surface area contributed by atoms with E-state index in [9.17, 15) is 9.59 Å². The average molecular weight is 273 g/mol. The molecule has 1 heterocycles. The van der Waals surface area contributed by atoms with Gasteiger partial charge in [-0.05, 0) is 31.0 Å². The first-order valence-electron chi connectivity index (χ1n) is 6.13. The second-order valence-electron chi connectivity index (χ2n) is 4.59. The monoisotopic (exact) mass is 273 g/mol. The van der Waals surface area contributed by atoms with Gasteiger partial charge in [-0.1, -0.05) is 23.8 Å². The van der Waals surface area contributed by atoms with E-state index in [2.05, 4.69) is 0 Å². The Kier molecular flexibility index (Phi) is 3.89. The Morgan fingerprint density at radius 1 is 1.25 bits per heavy atom. The van der Waals surface area contributed by atoms with Crippen molar-refractivity contribution >= 4 is 5.97 Å². The minimum Gasteiger partial charge on any atom is -0.478 e. The van der Waals surface area contributed by atoms with Gasteiger partial charge in [0.05, 0.1) is 11.8 Å². The highest BCUT2D eigenvalue weighted by Crippen LogP contribution is 2.10. The molecule has 0 saturated carbocycles. The van der Waals surface area contributed by atoms with Gasteiger partial charge in [0.25, 0.3) is 5.56 Å². The molecule has 0 aliphatic rings. The molecule has 1 N–H and O–H groups in total. The van der Waals surface area contributed by atoms with Crippen molar-refractivity contribution in [2.75, 3.05) is 0 Å². The molecule has 1 aromatic carbocycles. The maximum Gasteiger partial charge on any atom is 0.337 e. The van der Waals surface area contributed by atoms with E-state index in [1.54, 1.807) is 0 Å². The molecule has 1 aromatic heterocycles. The van der Waals surface area contributed by atoms with Crippen LogP contribution in [-0.2, 0) is 6.61 Å². The summed E-state index contributed by atoms with van der Waals surface area (Å²) in [7, 11) is 0. The first-order valence-corrected chi connectivity index (χ1v) is 6.13. The van der Waals surface area contributed by atoms with Crippen LogP contribution >= 0.6 is 0 Å². The van der Waals surface area contributed by atoms with Gasteiger partial charge in [-0.3, -0.25) is 4.79 Å². The van der Waals surface area contributed by atoms with Crippen molar-refractivity contribution in [1.82, 2.24) is 4.73 Å². The number of carboxylic acids is 1. The number of aromatic carboxylic acids is 1. The highest BCUT2D eigenvalue weighted by Gasteiger charge is 2.07. The molecule has 0 saturated heterocycles. The maximum atomic E-state index is 11.6. The Hall–Kier alpha value is -2.56. The normalized spacial score (nSPS) is 10.3. The fraction of sp³-hybridized carbons (Fsp3) is 0.200. The Balaban J connectivity index is 2.22. The van der Waals surface area contributed by atoms with Gasteiger partial charge >= 0.3 is 5.97 Å². The molecule has 0 radical (unpaired) electrons. The molecule has 20 heavy (non-hydrogen) atoms. The van der Waals surface area contributed by atoms with Crippen LogP contribution in [0.5, 0.6) is 0 Å². The fourth-order valence-corrected chi connectivity index (χ4v) is 1.79. The van der Waals surface area contributed by atoms with Crippen molar-refractivity contribution in [2.45, 2.75) is 20.5 Å². The van der Waals surface area contributed by atoms with Gasteiger partial charge in [0.15, 0.2) is 0 Å². The van der Waals surface area contributed by atoms with Crippen molar-refractivity contribution in [2.24, 2.45) is 0 Å². The molecular formula is C15H15NO4. The summed E-state index contributed by atoms with van der Waals surface area (Å²) in [6, 6.07) is 8.37. The molecule has 0 aliphatic heterocycles. The zero-order valence-corrected chi connectivity index (χ0v) is 11.3. The molecule has 0 bridgehead atoms. The number of nitrogens with zero attached hydrogens (tertiary/aromatic N) is 1. The number of aryl methyl sites for hydroxylation is 2. The van der Waals surface area contributed by atoms with Crippen molar-refractivity contribution in [3.8, 4) is 0 Å². The molecule has 0 fully saturated rings. The predicted octanol–water partition coefficient (Wildman–Crippen LogP) is 1.79. The first kappa shape index (κ1) is 13.9. The van der Waals surface area contributed by atoms with Crippen LogP contribution in [0.3, 0.4) is 0 Å². The minimum atomic E-state index is -1.10. The van der Waals surface area contributed by atoms with Crippen LogP contribution in [0.2, 0.25) is 0 Å². The van der Waals surface area contributed by atoms with Gasteiger partial charge in [-0.2, -0.15) is 4.73 Å². The zero-order valence-electron chi connectivity index (χ0n) is 11.3. The van der Waals surface area contributed by atoms with E-state index in [1.807, 2.05) is 32.0 Å². The lowest BCUT2D eigenvalue weighted by Gasteiger charge is -2.11. The van der Waals surface area contributed by atoms with Crippen LogP contribution in [0.15, 0.2) is 41.3 Å². The van der Waals surface area contributed by atoms with Gasteiger partial charge in [-0.15, -0.1) is 0 Å². The van der Waals surface area contributed by atoms with E-state index < -0.39 is 11.5 Å². The fourth-order valence-electron chi connectivity index (χ4n) is 1.79. The van der Waals surface area contributed by atoms with Crippen molar-refractivity contribution in [1.29, 1.82) is 0 Å². The molecule has 2 aromatic rings. The molecule has 104 valence electrons. The number of carbonyl (C=O) groups is 1. The molecule has 0 atom stereocenters. The summed E-state index contributed by atoms with van der Waals surface area (Å²) in [5.74, 6) is -1.10. The summed E-state index contributed by atoms with van der Waals surface area (Å²) in [6.07, 6.45) is 1.18. The molecule has 0 unspecified atom stereocenters. The summed E-state index contributed by atoms with van der Waals surface area (Å²) >= 11 is 0. The van der Waals surface area contributed by atoms with Gasteiger partial charge < -0.3 is 9.94 Å². The van der Waals surface area contributed by atoms with Crippen LogP contribution in [0, 0.1) is 13.8 Å². The lowest BCUT2D eigenvalue weighted by atomic mass is 10.1. The number of hydrogen-bond acceptors (Lipinski definition) is 3. The standard InChI is InChI=1S/C15H15NO4/c1-10-3-4-11(2)13(7-10)9-20-16-8-12(15(18)19)5-6-14(16)17/h3-8H,9H2,1-2H3,(H,18,19). The molecule has 2 rings (SSSR count). The number of hydrogen-bond donors (Lipinski definition) is 1. The Labute approximate surface area is 116 Å². The maximum absolute atomic E-state index is 11.6. The van der Waals surface area contributed by atoms with E-state index in [0.717, 1.165) is 21.4 Å². The predicted molar refractivity (Wildman–Crippen MR) is 73.9 cm³/mol.